The number of rotatable bonds is 5. The van der Waals surface area contributed by atoms with Gasteiger partial charge in [-0.2, -0.15) is 0 Å². The highest BCUT2D eigenvalue weighted by Gasteiger charge is 2.06. The van der Waals surface area contributed by atoms with Gasteiger partial charge in [-0.3, -0.25) is 4.79 Å². The summed E-state index contributed by atoms with van der Waals surface area (Å²) >= 11 is 0. The quantitative estimate of drug-likeness (QED) is 0.891. The maximum Gasteiger partial charge on any atom is 0.212 e. The van der Waals surface area contributed by atoms with Crippen LogP contribution in [0.1, 0.15) is 11.1 Å². The normalized spacial score (nSPS) is 10.2. The molecule has 0 aliphatic rings. The molecule has 0 unspecified atom stereocenters. The molecule has 0 saturated heterocycles. The van der Waals surface area contributed by atoms with Crippen molar-refractivity contribution in [3.05, 3.63) is 53.7 Å². The van der Waals surface area contributed by atoms with Gasteiger partial charge in [-0.1, -0.05) is 18.2 Å². The first-order chi connectivity index (χ1) is 9.17. The van der Waals surface area contributed by atoms with Crippen molar-refractivity contribution in [2.75, 3.05) is 7.11 Å². The van der Waals surface area contributed by atoms with E-state index in [-0.39, 0.29) is 11.5 Å². The number of phenolic OH excluding ortho intramolecular Hbond substituents is 1. The van der Waals surface area contributed by atoms with Crippen molar-refractivity contribution in [1.82, 2.24) is 4.98 Å². The SMILES string of the molecule is COc1ccc(CC(=O)Cc2cccc(O)c2)cn1. The van der Waals surface area contributed by atoms with Gasteiger partial charge in [0.15, 0.2) is 0 Å². The number of hydrogen-bond acceptors (Lipinski definition) is 4. The smallest absolute Gasteiger partial charge is 0.212 e. The fraction of sp³-hybridized carbons (Fsp3) is 0.200. The van der Waals surface area contributed by atoms with E-state index in [1.165, 1.54) is 0 Å². The van der Waals surface area contributed by atoms with Gasteiger partial charge in [-0.15, -0.1) is 0 Å². The third kappa shape index (κ3) is 3.81. The molecule has 1 aromatic carbocycles. The summed E-state index contributed by atoms with van der Waals surface area (Å²) in [6.45, 7) is 0. The van der Waals surface area contributed by atoms with E-state index >= 15 is 0 Å². The topological polar surface area (TPSA) is 59.4 Å². The molecular formula is C15H15NO3. The van der Waals surface area contributed by atoms with E-state index in [1.807, 2.05) is 12.1 Å². The van der Waals surface area contributed by atoms with Crippen LogP contribution in [0, 0.1) is 0 Å². The van der Waals surface area contributed by atoms with Crippen LogP contribution in [0.5, 0.6) is 11.6 Å². The van der Waals surface area contributed by atoms with Crippen molar-refractivity contribution in [3.8, 4) is 11.6 Å². The zero-order valence-corrected chi connectivity index (χ0v) is 10.7. The Labute approximate surface area is 111 Å². The Morgan fingerprint density at radius 1 is 1.21 bits per heavy atom. The minimum absolute atomic E-state index is 0.0811. The first-order valence-electron chi connectivity index (χ1n) is 5.96. The average molecular weight is 257 g/mol. The number of ether oxygens (including phenoxy) is 1. The lowest BCUT2D eigenvalue weighted by Gasteiger charge is -2.03. The zero-order chi connectivity index (χ0) is 13.7. The van der Waals surface area contributed by atoms with Crippen LogP contribution in [-0.4, -0.2) is 23.0 Å². The summed E-state index contributed by atoms with van der Waals surface area (Å²) in [5, 5.41) is 9.34. The number of nitrogens with zero attached hydrogens (tertiary/aromatic N) is 1. The number of aromatic hydroxyl groups is 1. The summed E-state index contributed by atoms with van der Waals surface area (Å²) in [5.74, 6) is 0.790. The lowest BCUT2D eigenvalue weighted by atomic mass is 10.0. The Bertz CT molecular complexity index is 564. The number of Topliss-reactive ketones (excluding diaryl/α,β-unsaturated/α-hetero) is 1. The molecular weight excluding hydrogens is 242 g/mol. The van der Waals surface area contributed by atoms with Crippen LogP contribution in [-0.2, 0) is 17.6 Å². The molecule has 0 aliphatic carbocycles. The summed E-state index contributed by atoms with van der Waals surface area (Å²) in [7, 11) is 1.55. The summed E-state index contributed by atoms with van der Waals surface area (Å²) < 4.78 is 4.96. The van der Waals surface area contributed by atoms with Crippen molar-refractivity contribution in [2.45, 2.75) is 12.8 Å². The fourth-order valence-corrected chi connectivity index (χ4v) is 1.82. The van der Waals surface area contributed by atoms with E-state index in [4.69, 9.17) is 4.74 Å². The standard InChI is InChI=1S/C15H15NO3/c1-19-15-6-5-12(10-16-15)9-14(18)8-11-3-2-4-13(17)7-11/h2-7,10,17H,8-9H2,1H3. The Balaban J connectivity index is 1.97. The molecule has 2 aromatic rings. The van der Waals surface area contributed by atoms with Crippen LogP contribution < -0.4 is 4.74 Å². The molecule has 0 bridgehead atoms. The Morgan fingerprint density at radius 3 is 2.63 bits per heavy atom. The van der Waals surface area contributed by atoms with E-state index < -0.39 is 0 Å². The molecule has 1 N–H and O–H groups in total. The molecule has 19 heavy (non-hydrogen) atoms. The zero-order valence-electron chi connectivity index (χ0n) is 10.7. The number of methoxy groups -OCH3 is 1. The molecule has 0 radical (unpaired) electrons. The van der Waals surface area contributed by atoms with Gasteiger partial charge in [-0.25, -0.2) is 4.98 Å². The van der Waals surface area contributed by atoms with E-state index in [1.54, 1.807) is 37.6 Å². The van der Waals surface area contributed by atoms with Crippen molar-refractivity contribution < 1.29 is 14.6 Å². The molecule has 98 valence electrons. The molecule has 4 heteroatoms. The number of phenols is 1. The third-order valence-corrected chi connectivity index (χ3v) is 2.72. The molecule has 0 spiro atoms. The van der Waals surface area contributed by atoms with Gasteiger partial charge in [0.2, 0.25) is 5.88 Å². The summed E-state index contributed by atoms with van der Waals surface area (Å²) in [6.07, 6.45) is 2.27. The van der Waals surface area contributed by atoms with E-state index in [0.717, 1.165) is 11.1 Å². The predicted octanol–water partition coefficient (Wildman–Crippen LogP) is 2.15. The summed E-state index contributed by atoms with van der Waals surface area (Å²) in [4.78, 5) is 16.0. The fourth-order valence-electron chi connectivity index (χ4n) is 1.82. The molecule has 0 saturated carbocycles. The molecule has 1 aromatic heterocycles. The summed E-state index contributed by atoms with van der Waals surface area (Å²) in [6, 6.07) is 10.3. The molecule has 0 amide bonds. The van der Waals surface area contributed by atoms with Gasteiger partial charge >= 0.3 is 0 Å². The molecule has 0 aliphatic heterocycles. The van der Waals surface area contributed by atoms with Crippen LogP contribution in [0.25, 0.3) is 0 Å². The van der Waals surface area contributed by atoms with Gasteiger partial charge in [-0.05, 0) is 23.3 Å². The average Bonchev–Trinajstić information content (AvgIpc) is 2.39. The molecule has 1 heterocycles. The van der Waals surface area contributed by atoms with Gasteiger partial charge in [0.05, 0.1) is 7.11 Å². The van der Waals surface area contributed by atoms with Crippen molar-refractivity contribution >= 4 is 5.78 Å². The minimum atomic E-state index is 0.0811. The number of carbonyl (C=O) groups excluding carboxylic acids is 1. The minimum Gasteiger partial charge on any atom is -0.508 e. The van der Waals surface area contributed by atoms with Gasteiger partial charge < -0.3 is 9.84 Å². The number of ketones is 1. The monoisotopic (exact) mass is 257 g/mol. The highest BCUT2D eigenvalue weighted by Crippen LogP contribution is 2.13. The maximum absolute atomic E-state index is 11.9. The van der Waals surface area contributed by atoms with Crippen molar-refractivity contribution in [2.24, 2.45) is 0 Å². The number of aromatic nitrogens is 1. The second-order valence-electron chi connectivity index (χ2n) is 4.27. The third-order valence-electron chi connectivity index (χ3n) is 2.72. The van der Waals surface area contributed by atoms with E-state index in [9.17, 15) is 9.90 Å². The Morgan fingerprint density at radius 2 is 2.00 bits per heavy atom. The van der Waals surface area contributed by atoms with Gasteiger partial charge in [0.25, 0.3) is 0 Å². The lowest BCUT2D eigenvalue weighted by Crippen LogP contribution is -2.06. The first kappa shape index (κ1) is 13.1. The number of benzene rings is 1. The van der Waals surface area contributed by atoms with Crippen LogP contribution in [0.3, 0.4) is 0 Å². The van der Waals surface area contributed by atoms with Crippen LogP contribution >= 0.6 is 0 Å². The number of pyridine rings is 1. The van der Waals surface area contributed by atoms with Crippen LogP contribution in [0.15, 0.2) is 42.6 Å². The predicted molar refractivity (Wildman–Crippen MR) is 71.3 cm³/mol. The van der Waals surface area contributed by atoms with Gasteiger partial charge in [0.1, 0.15) is 11.5 Å². The highest BCUT2D eigenvalue weighted by molar-refractivity contribution is 5.83. The van der Waals surface area contributed by atoms with Crippen molar-refractivity contribution in [3.63, 3.8) is 0 Å². The second-order valence-corrected chi connectivity index (χ2v) is 4.27. The molecule has 0 atom stereocenters. The molecule has 0 fully saturated rings. The second kappa shape index (κ2) is 6.00. The van der Waals surface area contributed by atoms with Crippen molar-refractivity contribution in [1.29, 1.82) is 0 Å². The van der Waals surface area contributed by atoms with Crippen LogP contribution in [0.2, 0.25) is 0 Å². The molecule has 2 rings (SSSR count). The first-order valence-corrected chi connectivity index (χ1v) is 5.96. The maximum atomic E-state index is 11.9. The highest BCUT2D eigenvalue weighted by atomic mass is 16.5. The van der Waals surface area contributed by atoms with E-state index in [2.05, 4.69) is 4.98 Å². The largest absolute Gasteiger partial charge is 0.508 e. The van der Waals surface area contributed by atoms with Crippen LogP contribution in [0.4, 0.5) is 0 Å². The number of carbonyl (C=O) groups is 1. The van der Waals surface area contributed by atoms with E-state index in [0.29, 0.717) is 18.7 Å². The Kier molecular flexibility index (Phi) is 4.13. The molecule has 4 nitrogen and oxygen atoms in total. The Hall–Kier alpha value is -2.36. The van der Waals surface area contributed by atoms with Gasteiger partial charge in [0, 0.05) is 25.1 Å². The number of hydrogen-bond donors (Lipinski definition) is 1. The lowest BCUT2D eigenvalue weighted by molar-refractivity contribution is -0.117. The summed E-state index contributed by atoms with van der Waals surface area (Å²) in [5.41, 5.74) is 1.66.